The standard InChI is InChI=1S/C17H14ClF2NO3/c1-9-3-5-12(8-15(9)20)21-16(22)10(2)24-17(23)13-6-4-11(19)7-14(13)18/h3-8,10H,1-2H3,(H,21,22). The number of ether oxygens (including phenoxy) is 1. The minimum Gasteiger partial charge on any atom is -0.449 e. The van der Waals surface area contributed by atoms with Crippen molar-refractivity contribution in [3.05, 3.63) is 64.2 Å². The SMILES string of the molecule is Cc1ccc(NC(=O)C(C)OC(=O)c2ccc(F)cc2Cl)cc1F. The highest BCUT2D eigenvalue weighted by molar-refractivity contribution is 6.33. The second-order valence-electron chi connectivity index (χ2n) is 5.12. The van der Waals surface area contributed by atoms with Crippen LogP contribution in [0.15, 0.2) is 36.4 Å². The van der Waals surface area contributed by atoms with Crippen LogP contribution < -0.4 is 5.32 Å². The number of esters is 1. The Balaban J connectivity index is 2.02. The topological polar surface area (TPSA) is 55.4 Å². The van der Waals surface area contributed by atoms with Crippen molar-refractivity contribution in [2.24, 2.45) is 0 Å². The summed E-state index contributed by atoms with van der Waals surface area (Å²) < 4.78 is 31.4. The van der Waals surface area contributed by atoms with E-state index in [-0.39, 0.29) is 16.3 Å². The number of hydrogen-bond acceptors (Lipinski definition) is 3. The highest BCUT2D eigenvalue weighted by Crippen LogP contribution is 2.19. The molecule has 126 valence electrons. The fraction of sp³-hybridized carbons (Fsp3) is 0.176. The van der Waals surface area contributed by atoms with Crippen molar-refractivity contribution in [2.75, 3.05) is 5.32 Å². The van der Waals surface area contributed by atoms with E-state index in [0.717, 1.165) is 12.1 Å². The second kappa shape index (κ2) is 7.40. The van der Waals surface area contributed by atoms with Gasteiger partial charge >= 0.3 is 5.97 Å². The number of anilines is 1. The Labute approximate surface area is 142 Å². The quantitative estimate of drug-likeness (QED) is 0.841. The molecule has 4 nitrogen and oxygen atoms in total. The first-order valence-corrected chi connectivity index (χ1v) is 7.39. The van der Waals surface area contributed by atoms with Gasteiger partial charge in [0.1, 0.15) is 11.6 Å². The van der Waals surface area contributed by atoms with Crippen molar-refractivity contribution < 1.29 is 23.1 Å². The molecular weight excluding hydrogens is 340 g/mol. The average Bonchev–Trinajstić information content (AvgIpc) is 2.50. The van der Waals surface area contributed by atoms with Gasteiger partial charge < -0.3 is 10.1 Å². The molecule has 2 rings (SSSR count). The number of hydrogen-bond donors (Lipinski definition) is 1. The van der Waals surface area contributed by atoms with E-state index in [4.69, 9.17) is 16.3 Å². The Morgan fingerprint density at radius 2 is 1.88 bits per heavy atom. The van der Waals surface area contributed by atoms with Crippen molar-refractivity contribution >= 4 is 29.2 Å². The molecule has 0 radical (unpaired) electrons. The molecule has 0 aromatic heterocycles. The number of nitrogens with one attached hydrogen (secondary N) is 1. The number of halogens is 3. The van der Waals surface area contributed by atoms with E-state index in [2.05, 4.69) is 5.32 Å². The Bertz CT molecular complexity index is 795. The molecule has 1 amide bonds. The van der Waals surface area contributed by atoms with Crippen LogP contribution >= 0.6 is 11.6 Å². The zero-order valence-corrected chi connectivity index (χ0v) is 13.7. The molecule has 24 heavy (non-hydrogen) atoms. The molecule has 0 fully saturated rings. The van der Waals surface area contributed by atoms with Gasteiger partial charge in [-0.3, -0.25) is 4.79 Å². The second-order valence-corrected chi connectivity index (χ2v) is 5.53. The van der Waals surface area contributed by atoms with Gasteiger partial charge in [0, 0.05) is 5.69 Å². The van der Waals surface area contributed by atoms with E-state index in [1.165, 1.54) is 31.2 Å². The van der Waals surface area contributed by atoms with Gasteiger partial charge in [-0.2, -0.15) is 0 Å². The van der Waals surface area contributed by atoms with E-state index >= 15 is 0 Å². The molecule has 2 aromatic carbocycles. The number of aryl methyl sites for hydroxylation is 1. The molecule has 0 aliphatic rings. The fourth-order valence-electron chi connectivity index (χ4n) is 1.85. The smallest absolute Gasteiger partial charge is 0.340 e. The third-order valence-corrected chi connectivity index (χ3v) is 3.56. The van der Waals surface area contributed by atoms with Crippen molar-refractivity contribution in [1.29, 1.82) is 0 Å². The predicted molar refractivity (Wildman–Crippen MR) is 86.1 cm³/mol. The highest BCUT2D eigenvalue weighted by Gasteiger charge is 2.21. The van der Waals surface area contributed by atoms with Gasteiger partial charge in [0.2, 0.25) is 0 Å². The van der Waals surface area contributed by atoms with Crippen molar-refractivity contribution in [3.8, 4) is 0 Å². The summed E-state index contributed by atoms with van der Waals surface area (Å²) in [5, 5.41) is 2.32. The molecule has 2 aromatic rings. The summed E-state index contributed by atoms with van der Waals surface area (Å²) >= 11 is 5.77. The Morgan fingerprint density at radius 1 is 1.17 bits per heavy atom. The van der Waals surface area contributed by atoms with E-state index in [1.54, 1.807) is 6.92 Å². The molecular formula is C17H14ClF2NO3. The number of carbonyl (C=O) groups excluding carboxylic acids is 2. The summed E-state index contributed by atoms with van der Waals surface area (Å²) in [6.45, 7) is 2.95. The largest absolute Gasteiger partial charge is 0.449 e. The molecule has 0 saturated heterocycles. The van der Waals surface area contributed by atoms with Crippen LogP contribution in [0.25, 0.3) is 0 Å². The summed E-state index contributed by atoms with van der Waals surface area (Å²) in [6, 6.07) is 7.40. The van der Waals surface area contributed by atoms with E-state index in [1.807, 2.05) is 0 Å². The van der Waals surface area contributed by atoms with Gasteiger partial charge in [0.15, 0.2) is 6.10 Å². The number of rotatable bonds is 4. The molecule has 7 heteroatoms. The first-order chi connectivity index (χ1) is 11.3. The third kappa shape index (κ3) is 4.29. The first kappa shape index (κ1) is 17.9. The number of benzene rings is 2. The van der Waals surface area contributed by atoms with Gasteiger partial charge in [0.05, 0.1) is 10.6 Å². The molecule has 0 heterocycles. The lowest BCUT2D eigenvalue weighted by Crippen LogP contribution is -2.30. The summed E-state index contributed by atoms with van der Waals surface area (Å²) in [6.07, 6.45) is -1.15. The monoisotopic (exact) mass is 353 g/mol. The van der Waals surface area contributed by atoms with Gasteiger partial charge in [-0.05, 0) is 49.7 Å². The normalized spacial score (nSPS) is 11.7. The zero-order chi connectivity index (χ0) is 17.9. The lowest BCUT2D eigenvalue weighted by atomic mass is 10.2. The molecule has 1 N–H and O–H groups in total. The predicted octanol–water partition coefficient (Wildman–Crippen LogP) is 4.11. The van der Waals surface area contributed by atoms with Gasteiger partial charge in [-0.25, -0.2) is 13.6 Å². The molecule has 0 aliphatic carbocycles. The lowest BCUT2D eigenvalue weighted by molar-refractivity contribution is -0.123. The van der Waals surface area contributed by atoms with Crippen LogP contribution in [0.2, 0.25) is 5.02 Å². The molecule has 0 aliphatic heterocycles. The van der Waals surface area contributed by atoms with Crippen LogP contribution in [0, 0.1) is 18.6 Å². The summed E-state index contributed by atoms with van der Waals surface area (Å²) in [4.78, 5) is 24.0. The van der Waals surface area contributed by atoms with Gasteiger partial charge in [0.25, 0.3) is 5.91 Å². The van der Waals surface area contributed by atoms with Gasteiger partial charge in [-0.1, -0.05) is 17.7 Å². The summed E-state index contributed by atoms with van der Waals surface area (Å²) in [5.41, 5.74) is 0.628. The summed E-state index contributed by atoms with van der Waals surface area (Å²) in [5.74, 6) is -2.55. The first-order valence-electron chi connectivity index (χ1n) is 7.01. The van der Waals surface area contributed by atoms with Crippen LogP contribution in [0.3, 0.4) is 0 Å². The van der Waals surface area contributed by atoms with Crippen molar-refractivity contribution in [3.63, 3.8) is 0 Å². The molecule has 1 atom stereocenters. The Hall–Kier alpha value is -2.47. The zero-order valence-electron chi connectivity index (χ0n) is 12.9. The molecule has 0 spiro atoms. The van der Waals surface area contributed by atoms with E-state index in [9.17, 15) is 18.4 Å². The third-order valence-electron chi connectivity index (χ3n) is 3.24. The highest BCUT2D eigenvalue weighted by atomic mass is 35.5. The van der Waals surface area contributed by atoms with Crippen LogP contribution in [0.1, 0.15) is 22.8 Å². The van der Waals surface area contributed by atoms with Crippen LogP contribution in [-0.4, -0.2) is 18.0 Å². The maximum Gasteiger partial charge on any atom is 0.340 e. The Kier molecular flexibility index (Phi) is 5.51. The van der Waals surface area contributed by atoms with Crippen LogP contribution in [-0.2, 0) is 9.53 Å². The lowest BCUT2D eigenvalue weighted by Gasteiger charge is -2.14. The minimum absolute atomic E-state index is 0.0564. The number of amides is 1. The average molecular weight is 354 g/mol. The molecule has 1 unspecified atom stereocenters. The Morgan fingerprint density at radius 3 is 2.50 bits per heavy atom. The maximum absolute atomic E-state index is 13.5. The van der Waals surface area contributed by atoms with Gasteiger partial charge in [-0.15, -0.1) is 0 Å². The van der Waals surface area contributed by atoms with E-state index < -0.39 is 29.6 Å². The van der Waals surface area contributed by atoms with E-state index in [0.29, 0.717) is 5.56 Å². The summed E-state index contributed by atoms with van der Waals surface area (Å²) in [7, 11) is 0. The van der Waals surface area contributed by atoms with Crippen LogP contribution in [0.5, 0.6) is 0 Å². The maximum atomic E-state index is 13.5. The molecule has 0 bridgehead atoms. The van der Waals surface area contributed by atoms with Crippen molar-refractivity contribution in [1.82, 2.24) is 0 Å². The molecule has 0 saturated carbocycles. The fourth-order valence-corrected chi connectivity index (χ4v) is 2.09. The van der Waals surface area contributed by atoms with Crippen molar-refractivity contribution in [2.45, 2.75) is 20.0 Å². The minimum atomic E-state index is -1.15. The van der Waals surface area contributed by atoms with Crippen LogP contribution in [0.4, 0.5) is 14.5 Å². The number of carbonyl (C=O) groups is 2.